The summed E-state index contributed by atoms with van der Waals surface area (Å²) in [6.07, 6.45) is 11.7. The van der Waals surface area contributed by atoms with Gasteiger partial charge in [-0.3, -0.25) is 0 Å². The van der Waals surface area contributed by atoms with E-state index in [1.54, 1.807) is 0 Å². The number of aryl methyl sites for hydroxylation is 2. The first-order valence-corrected chi connectivity index (χ1v) is 6.90. The average molecular weight is 261 g/mol. The molecule has 5 heteroatoms. The first-order valence-electron chi connectivity index (χ1n) is 6.90. The predicted octanol–water partition coefficient (Wildman–Crippen LogP) is 2.22. The van der Waals surface area contributed by atoms with Crippen LogP contribution in [0.2, 0.25) is 0 Å². The SMILES string of the molecule is CC(C)C(N)c1cncn1CCCCn1ccnc1. The summed E-state index contributed by atoms with van der Waals surface area (Å²) in [5, 5.41) is 0. The molecule has 0 fully saturated rings. The second-order valence-electron chi connectivity index (χ2n) is 5.29. The van der Waals surface area contributed by atoms with E-state index in [2.05, 4.69) is 32.9 Å². The van der Waals surface area contributed by atoms with Gasteiger partial charge in [-0.15, -0.1) is 0 Å². The number of nitrogens with two attached hydrogens (primary N) is 1. The summed E-state index contributed by atoms with van der Waals surface area (Å²) in [4.78, 5) is 8.26. The topological polar surface area (TPSA) is 61.7 Å². The van der Waals surface area contributed by atoms with Crippen molar-refractivity contribution in [2.75, 3.05) is 0 Å². The Bertz CT molecular complexity index is 472. The number of unbranched alkanes of at least 4 members (excludes halogenated alkanes) is 1. The molecule has 0 aliphatic carbocycles. The van der Waals surface area contributed by atoms with Crippen LogP contribution in [0.4, 0.5) is 0 Å². The fourth-order valence-electron chi connectivity index (χ4n) is 2.13. The quantitative estimate of drug-likeness (QED) is 0.777. The van der Waals surface area contributed by atoms with Crippen LogP contribution in [0.5, 0.6) is 0 Å². The molecule has 0 spiro atoms. The van der Waals surface area contributed by atoms with E-state index in [-0.39, 0.29) is 6.04 Å². The van der Waals surface area contributed by atoms with E-state index in [1.807, 2.05) is 31.2 Å². The highest BCUT2D eigenvalue weighted by atomic mass is 15.1. The summed E-state index contributed by atoms with van der Waals surface area (Å²) in [6.45, 7) is 6.27. The van der Waals surface area contributed by atoms with Crippen LogP contribution in [0.1, 0.15) is 38.4 Å². The van der Waals surface area contributed by atoms with E-state index in [0.29, 0.717) is 5.92 Å². The van der Waals surface area contributed by atoms with Gasteiger partial charge in [-0.25, -0.2) is 9.97 Å². The summed E-state index contributed by atoms with van der Waals surface area (Å²) in [7, 11) is 0. The third-order valence-corrected chi connectivity index (χ3v) is 3.43. The monoisotopic (exact) mass is 261 g/mol. The molecule has 19 heavy (non-hydrogen) atoms. The molecule has 104 valence electrons. The minimum Gasteiger partial charge on any atom is -0.337 e. The van der Waals surface area contributed by atoms with Gasteiger partial charge in [0.05, 0.1) is 18.3 Å². The molecule has 0 amide bonds. The maximum atomic E-state index is 6.19. The van der Waals surface area contributed by atoms with E-state index >= 15 is 0 Å². The maximum Gasteiger partial charge on any atom is 0.0948 e. The van der Waals surface area contributed by atoms with Crippen LogP contribution >= 0.6 is 0 Å². The van der Waals surface area contributed by atoms with Crippen LogP contribution in [-0.4, -0.2) is 19.1 Å². The Hall–Kier alpha value is -1.62. The average Bonchev–Trinajstić information content (AvgIpc) is 3.05. The van der Waals surface area contributed by atoms with Crippen LogP contribution in [0, 0.1) is 5.92 Å². The van der Waals surface area contributed by atoms with Gasteiger partial charge >= 0.3 is 0 Å². The summed E-state index contributed by atoms with van der Waals surface area (Å²) in [6, 6.07) is 0.0659. The van der Waals surface area contributed by atoms with Gasteiger partial charge in [0.2, 0.25) is 0 Å². The molecule has 2 aromatic heterocycles. The molecule has 1 unspecified atom stereocenters. The third kappa shape index (κ3) is 3.67. The van der Waals surface area contributed by atoms with Gasteiger partial charge in [-0.1, -0.05) is 13.8 Å². The zero-order valence-corrected chi connectivity index (χ0v) is 11.7. The maximum absolute atomic E-state index is 6.19. The molecule has 2 rings (SSSR count). The highest BCUT2D eigenvalue weighted by molar-refractivity contribution is 5.05. The Morgan fingerprint density at radius 3 is 2.63 bits per heavy atom. The third-order valence-electron chi connectivity index (χ3n) is 3.43. The molecule has 5 nitrogen and oxygen atoms in total. The van der Waals surface area contributed by atoms with Gasteiger partial charge in [-0.2, -0.15) is 0 Å². The van der Waals surface area contributed by atoms with E-state index in [1.165, 1.54) is 0 Å². The van der Waals surface area contributed by atoms with Crippen molar-refractivity contribution < 1.29 is 0 Å². The van der Waals surface area contributed by atoms with E-state index < -0.39 is 0 Å². The number of rotatable bonds is 7. The lowest BCUT2D eigenvalue weighted by molar-refractivity contribution is 0.466. The summed E-state index contributed by atoms with van der Waals surface area (Å²) in [5.41, 5.74) is 7.33. The standard InChI is InChI=1S/C14H23N5/c1-12(2)14(15)13-9-17-11-19(13)7-4-3-6-18-8-5-16-10-18/h5,8-12,14H,3-4,6-7,15H2,1-2H3. The van der Waals surface area contributed by atoms with Gasteiger partial charge in [-0.05, 0) is 18.8 Å². The van der Waals surface area contributed by atoms with Crippen molar-refractivity contribution in [2.45, 2.75) is 45.8 Å². The van der Waals surface area contributed by atoms with Crippen LogP contribution in [0.25, 0.3) is 0 Å². The largest absolute Gasteiger partial charge is 0.337 e. The highest BCUT2D eigenvalue weighted by Crippen LogP contribution is 2.18. The first kappa shape index (κ1) is 13.8. The van der Waals surface area contributed by atoms with E-state index in [9.17, 15) is 0 Å². The molecule has 2 aromatic rings. The molecule has 0 aliphatic heterocycles. The number of hydrogen-bond acceptors (Lipinski definition) is 3. The van der Waals surface area contributed by atoms with Crippen molar-refractivity contribution in [3.8, 4) is 0 Å². The Labute approximate surface area is 114 Å². The molecule has 0 radical (unpaired) electrons. The van der Waals surface area contributed by atoms with Crippen LogP contribution in [0.3, 0.4) is 0 Å². The summed E-state index contributed by atoms with van der Waals surface area (Å²) >= 11 is 0. The minimum absolute atomic E-state index is 0.0659. The van der Waals surface area contributed by atoms with Gasteiger partial charge < -0.3 is 14.9 Å². The van der Waals surface area contributed by atoms with Crippen molar-refractivity contribution in [3.05, 3.63) is 36.9 Å². The van der Waals surface area contributed by atoms with Crippen molar-refractivity contribution in [1.29, 1.82) is 0 Å². The van der Waals surface area contributed by atoms with Gasteiger partial charge in [0.15, 0.2) is 0 Å². The lowest BCUT2D eigenvalue weighted by Crippen LogP contribution is -2.20. The highest BCUT2D eigenvalue weighted by Gasteiger charge is 2.14. The van der Waals surface area contributed by atoms with Crippen LogP contribution < -0.4 is 5.73 Å². The molecule has 2 heterocycles. The second kappa shape index (κ2) is 6.52. The van der Waals surface area contributed by atoms with E-state index in [0.717, 1.165) is 31.6 Å². The number of aromatic nitrogens is 4. The Morgan fingerprint density at radius 1 is 1.16 bits per heavy atom. The Kier molecular flexibility index (Phi) is 4.74. The zero-order chi connectivity index (χ0) is 13.7. The molecular weight excluding hydrogens is 238 g/mol. The number of nitrogens with zero attached hydrogens (tertiary/aromatic N) is 4. The second-order valence-corrected chi connectivity index (χ2v) is 5.29. The fourth-order valence-corrected chi connectivity index (χ4v) is 2.13. The lowest BCUT2D eigenvalue weighted by atomic mass is 10.0. The number of hydrogen-bond donors (Lipinski definition) is 1. The molecule has 0 bridgehead atoms. The number of imidazole rings is 2. The molecule has 0 aromatic carbocycles. The Balaban J connectivity index is 1.81. The predicted molar refractivity (Wildman–Crippen MR) is 75.5 cm³/mol. The molecule has 0 saturated carbocycles. The Morgan fingerprint density at radius 2 is 1.95 bits per heavy atom. The van der Waals surface area contributed by atoms with E-state index in [4.69, 9.17) is 5.73 Å². The minimum atomic E-state index is 0.0659. The van der Waals surface area contributed by atoms with Gasteiger partial charge in [0.1, 0.15) is 0 Å². The molecule has 2 N–H and O–H groups in total. The molecule has 0 aliphatic rings. The zero-order valence-electron chi connectivity index (χ0n) is 11.7. The lowest BCUT2D eigenvalue weighted by Gasteiger charge is -2.17. The molecular formula is C14H23N5. The van der Waals surface area contributed by atoms with Crippen molar-refractivity contribution in [1.82, 2.24) is 19.1 Å². The normalized spacial score (nSPS) is 13.1. The molecule has 1 atom stereocenters. The van der Waals surface area contributed by atoms with Crippen LogP contribution in [0.15, 0.2) is 31.2 Å². The fraction of sp³-hybridized carbons (Fsp3) is 0.571. The van der Waals surface area contributed by atoms with Crippen molar-refractivity contribution >= 4 is 0 Å². The van der Waals surface area contributed by atoms with Gasteiger partial charge in [0.25, 0.3) is 0 Å². The molecule has 0 saturated heterocycles. The van der Waals surface area contributed by atoms with Crippen LogP contribution in [-0.2, 0) is 13.1 Å². The summed E-state index contributed by atoms with van der Waals surface area (Å²) < 4.78 is 4.28. The van der Waals surface area contributed by atoms with Crippen molar-refractivity contribution in [3.63, 3.8) is 0 Å². The van der Waals surface area contributed by atoms with Gasteiger partial charge in [0, 0.05) is 37.7 Å². The summed E-state index contributed by atoms with van der Waals surface area (Å²) in [5.74, 6) is 0.432. The van der Waals surface area contributed by atoms with Crippen molar-refractivity contribution in [2.24, 2.45) is 11.7 Å². The smallest absolute Gasteiger partial charge is 0.0948 e. The first-order chi connectivity index (χ1) is 9.18.